The van der Waals surface area contributed by atoms with Crippen LogP contribution in [-0.2, 0) is 14.3 Å². The minimum atomic E-state index is -3.44. The predicted molar refractivity (Wildman–Crippen MR) is 102 cm³/mol. The van der Waals surface area contributed by atoms with Gasteiger partial charge in [0.25, 0.3) is 10.1 Å². The number of rotatable bonds is 5. The summed E-state index contributed by atoms with van der Waals surface area (Å²) in [6.45, 7) is 7.04. The largest absolute Gasteiger partial charge is 0.368 e. The van der Waals surface area contributed by atoms with Gasteiger partial charge in [0.2, 0.25) is 0 Å². The van der Waals surface area contributed by atoms with Crippen LogP contribution in [0.2, 0.25) is 5.15 Å². The molecule has 2 aromatic rings. The van der Waals surface area contributed by atoms with Gasteiger partial charge < -0.3 is 4.90 Å². The van der Waals surface area contributed by atoms with E-state index in [-0.39, 0.29) is 17.7 Å². The highest BCUT2D eigenvalue weighted by atomic mass is 35.5. The second-order valence-corrected chi connectivity index (χ2v) is 9.09. The number of pyridine rings is 1. The summed E-state index contributed by atoms with van der Waals surface area (Å²) in [5.74, 6) is 0.487. The van der Waals surface area contributed by atoms with Crippen molar-refractivity contribution in [3.63, 3.8) is 0 Å². The highest BCUT2D eigenvalue weighted by Crippen LogP contribution is 2.39. The Morgan fingerprint density at radius 1 is 1.36 bits per heavy atom. The van der Waals surface area contributed by atoms with E-state index in [0.717, 1.165) is 16.5 Å². The molecule has 1 aliphatic rings. The Balaban J connectivity index is 1.95. The fourth-order valence-electron chi connectivity index (χ4n) is 3.50. The molecule has 0 radical (unpaired) electrons. The topological polar surface area (TPSA) is 59.5 Å². The molecule has 1 aromatic carbocycles. The molecule has 1 aliphatic heterocycles. The van der Waals surface area contributed by atoms with Gasteiger partial charge in [0, 0.05) is 35.8 Å². The molecule has 0 bridgehead atoms. The maximum absolute atomic E-state index is 11.7. The van der Waals surface area contributed by atoms with E-state index in [9.17, 15) is 8.42 Å². The minimum absolute atomic E-state index is 0.0489. The minimum Gasteiger partial charge on any atom is -0.368 e. The van der Waals surface area contributed by atoms with Crippen molar-refractivity contribution in [3.8, 4) is 0 Å². The lowest BCUT2D eigenvalue weighted by Gasteiger charge is -2.48. The normalized spacial score (nSPS) is 21.0. The second kappa shape index (κ2) is 6.74. The molecule has 1 saturated heterocycles. The van der Waals surface area contributed by atoms with Crippen molar-refractivity contribution in [1.82, 2.24) is 4.98 Å². The first-order chi connectivity index (χ1) is 11.7. The first-order valence-corrected chi connectivity index (χ1v) is 10.3. The number of fused-ring (bicyclic) bond motifs is 1. The average molecular weight is 383 g/mol. The summed E-state index contributed by atoms with van der Waals surface area (Å²) < 4.78 is 28.0. The van der Waals surface area contributed by atoms with Gasteiger partial charge in [-0.05, 0) is 35.9 Å². The van der Waals surface area contributed by atoms with Crippen LogP contribution in [0.15, 0.2) is 24.4 Å². The molecule has 2 atom stereocenters. The highest BCUT2D eigenvalue weighted by Gasteiger charge is 2.39. The molecule has 0 aliphatic carbocycles. The van der Waals surface area contributed by atoms with Gasteiger partial charge >= 0.3 is 0 Å². The maximum Gasteiger partial charge on any atom is 0.267 e. The van der Waals surface area contributed by atoms with Crippen LogP contribution in [-0.4, -0.2) is 38.9 Å². The SMILES string of the molecule is COS(=O)(=O)C[C@H]1CN(c2ccc(C(C)C)c3cc(Cl)ncc23)[C@@H]1C. The van der Waals surface area contributed by atoms with Crippen LogP contribution in [0.5, 0.6) is 0 Å². The molecular weight excluding hydrogens is 360 g/mol. The number of nitrogens with zero attached hydrogens (tertiary/aromatic N) is 2. The quantitative estimate of drug-likeness (QED) is 0.581. The predicted octanol–water partition coefficient (Wildman–Crippen LogP) is 3.81. The Hall–Kier alpha value is -1.37. The van der Waals surface area contributed by atoms with E-state index in [0.29, 0.717) is 17.6 Å². The third-order valence-corrected chi connectivity index (χ3v) is 6.64. The monoisotopic (exact) mass is 382 g/mol. The summed E-state index contributed by atoms with van der Waals surface area (Å²) in [6, 6.07) is 6.26. The van der Waals surface area contributed by atoms with E-state index in [4.69, 9.17) is 11.6 Å². The lowest BCUT2D eigenvalue weighted by atomic mass is 9.89. The third kappa shape index (κ3) is 3.48. The molecule has 0 unspecified atom stereocenters. The van der Waals surface area contributed by atoms with Crippen LogP contribution in [0.3, 0.4) is 0 Å². The molecule has 1 fully saturated rings. The Labute approximate surface area is 154 Å². The maximum atomic E-state index is 11.7. The fraction of sp³-hybridized carbons (Fsp3) is 0.500. The number of halogens is 1. The van der Waals surface area contributed by atoms with Crippen molar-refractivity contribution in [2.75, 3.05) is 24.3 Å². The zero-order chi connectivity index (χ0) is 18.4. The summed E-state index contributed by atoms with van der Waals surface area (Å²) in [5.41, 5.74) is 2.30. The van der Waals surface area contributed by atoms with E-state index < -0.39 is 10.1 Å². The number of aromatic nitrogens is 1. The van der Waals surface area contributed by atoms with Crippen LogP contribution < -0.4 is 4.90 Å². The fourth-order valence-corrected chi connectivity index (χ4v) is 4.71. The van der Waals surface area contributed by atoms with Crippen LogP contribution in [0, 0.1) is 5.92 Å². The van der Waals surface area contributed by atoms with Crippen LogP contribution in [0.25, 0.3) is 10.8 Å². The van der Waals surface area contributed by atoms with Crippen molar-refractivity contribution in [3.05, 3.63) is 35.1 Å². The van der Waals surface area contributed by atoms with Gasteiger partial charge in [0.05, 0.1) is 12.9 Å². The van der Waals surface area contributed by atoms with Gasteiger partial charge in [-0.25, -0.2) is 4.98 Å². The number of hydrogen-bond donors (Lipinski definition) is 0. The average Bonchev–Trinajstić information content (AvgIpc) is 2.57. The van der Waals surface area contributed by atoms with E-state index in [2.05, 4.69) is 40.0 Å². The molecule has 0 spiro atoms. The molecule has 25 heavy (non-hydrogen) atoms. The van der Waals surface area contributed by atoms with Gasteiger partial charge in [0.15, 0.2) is 0 Å². The van der Waals surface area contributed by atoms with Crippen LogP contribution >= 0.6 is 11.6 Å². The molecular formula is C18H23ClN2O3S. The number of hydrogen-bond acceptors (Lipinski definition) is 5. The second-order valence-electron chi connectivity index (χ2n) is 6.93. The number of anilines is 1. The first-order valence-electron chi connectivity index (χ1n) is 8.36. The lowest BCUT2D eigenvalue weighted by Crippen LogP contribution is -2.57. The molecule has 3 rings (SSSR count). The molecule has 0 N–H and O–H groups in total. The van der Waals surface area contributed by atoms with Crippen molar-refractivity contribution in [2.45, 2.75) is 32.7 Å². The Bertz CT molecular complexity index is 899. The first kappa shape index (κ1) is 18.4. The van der Waals surface area contributed by atoms with E-state index in [1.54, 1.807) is 0 Å². The van der Waals surface area contributed by atoms with Gasteiger partial charge in [-0.15, -0.1) is 0 Å². The molecule has 1 aromatic heterocycles. The molecule has 0 amide bonds. The van der Waals surface area contributed by atoms with Crippen molar-refractivity contribution in [1.29, 1.82) is 0 Å². The molecule has 2 heterocycles. The van der Waals surface area contributed by atoms with Gasteiger partial charge in [-0.3, -0.25) is 4.18 Å². The van der Waals surface area contributed by atoms with E-state index in [1.165, 1.54) is 12.7 Å². The summed E-state index contributed by atoms with van der Waals surface area (Å²) in [4.78, 5) is 6.47. The Kier molecular flexibility index (Phi) is 4.97. The summed E-state index contributed by atoms with van der Waals surface area (Å²) in [6.07, 6.45) is 1.81. The Morgan fingerprint density at radius 3 is 2.68 bits per heavy atom. The molecule has 7 heteroatoms. The van der Waals surface area contributed by atoms with Crippen molar-refractivity contribution >= 4 is 38.2 Å². The lowest BCUT2D eigenvalue weighted by molar-refractivity contribution is 0.323. The zero-order valence-electron chi connectivity index (χ0n) is 14.9. The van der Waals surface area contributed by atoms with E-state index >= 15 is 0 Å². The summed E-state index contributed by atoms with van der Waals surface area (Å²) in [7, 11) is -2.23. The van der Waals surface area contributed by atoms with Crippen LogP contribution in [0.1, 0.15) is 32.3 Å². The van der Waals surface area contributed by atoms with Crippen molar-refractivity contribution in [2.24, 2.45) is 5.92 Å². The third-order valence-electron chi connectivity index (χ3n) is 5.09. The standard InChI is InChI=1S/C18H23ClN2O3S/c1-11(2)14-5-6-17(16-8-20-18(19)7-15(14)16)21-9-13(12(21)3)10-25(22,23)24-4/h5-8,11-13H,9-10H2,1-4H3/t12-,13-/m1/s1. The molecule has 5 nitrogen and oxygen atoms in total. The Morgan fingerprint density at radius 2 is 2.08 bits per heavy atom. The van der Waals surface area contributed by atoms with Gasteiger partial charge in [0.1, 0.15) is 5.15 Å². The smallest absolute Gasteiger partial charge is 0.267 e. The number of benzene rings is 1. The van der Waals surface area contributed by atoms with Crippen LogP contribution in [0.4, 0.5) is 5.69 Å². The molecule has 0 saturated carbocycles. The van der Waals surface area contributed by atoms with E-state index in [1.807, 2.05) is 19.2 Å². The van der Waals surface area contributed by atoms with Crippen molar-refractivity contribution < 1.29 is 12.6 Å². The summed E-state index contributed by atoms with van der Waals surface area (Å²) in [5, 5.41) is 2.63. The highest BCUT2D eigenvalue weighted by molar-refractivity contribution is 7.86. The zero-order valence-corrected chi connectivity index (χ0v) is 16.4. The molecule has 136 valence electrons. The van der Waals surface area contributed by atoms with Gasteiger partial charge in [-0.2, -0.15) is 8.42 Å². The van der Waals surface area contributed by atoms with Gasteiger partial charge in [-0.1, -0.05) is 31.5 Å². The summed E-state index contributed by atoms with van der Waals surface area (Å²) >= 11 is 6.11.